The van der Waals surface area contributed by atoms with Gasteiger partial charge in [0.15, 0.2) is 11.5 Å². The van der Waals surface area contributed by atoms with E-state index in [2.05, 4.69) is 13.8 Å². The van der Waals surface area contributed by atoms with E-state index in [1.54, 1.807) is 11.0 Å². The van der Waals surface area contributed by atoms with Gasteiger partial charge < -0.3 is 14.9 Å². The van der Waals surface area contributed by atoms with Crippen molar-refractivity contribution in [3.8, 4) is 0 Å². The number of aliphatic hydroxyl groups excluding tert-OH is 1. The highest BCUT2D eigenvalue weighted by molar-refractivity contribution is 6.14. The molecule has 0 aliphatic carbocycles. The van der Waals surface area contributed by atoms with Gasteiger partial charge in [-0.3, -0.25) is 9.59 Å². The lowest BCUT2D eigenvalue weighted by atomic mass is 9.95. The molecule has 5 nitrogen and oxygen atoms in total. The zero-order valence-electron chi connectivity index (χ0n) is 17.5. The Kier molecular flexibility index (Phi) is 7.20. The van der Waals surface area contributed by atoms with Crippen LogP contribution in [0.3, 0.4) is 0 Å². The minimum Gasteiger partial charge on any atom is -0.503 e. The number of quaternary nitrogens is 1. The van der Waals surface area contributed by atoms with Gasteiger partial charge in [0.25, 0.3) is 5.91 Å². The summed E-state index contributed by atoms with van der Waals surface area (Å²) in [7, 11) is 0. The molecule has 0 radical (unpaired) electrons. The van der Waals surface area contributed by atoms with Crippen LogP contribution in [0.25, 0.3) is 6.08 Å². The zero-order valence-corrected chi connectivity index (χ0v) is 17.5. The third-order valence-electron chi connectivity index (χ3n) is 5.62. The molecule has 0 saturated heterocycles. The maximum atomic E-state index is 13.1. The van der Waals surface area contributed by atoms with Crippen LogP contribution in [0.2, 0.25) is 0 Å². The molecule has 0 spiro atoms. The molecule has 0 saturated carbocycles. The number of nitrogens with one attached hydrogen (secondary N) is 1. The summed E-state index contributed by atoms with van der Waals surface area (Å²) in [4.78, 5) is 28.9. The Morgan fingerprint density at radius 1 is 1.03 bits per heavy atom. The van der Waals surface area contributed by atoms with E-state index < -0.39 is 17.7 Å². The van der Waals surface area contributed by atoms with Gasteiger partial charge in [-0.15, -0.1) is 0 Å². The minimum atomic E-state index is -0.582. The predicted octanol–water partition coefficient (Wildman–Crippen LogP) is 2.59. The van der Waals surface area contributed by atoms with Gasteiger partial charge in [-0.2, -0.15) is 0 Å². The van der Waals surface area contributed by atoms with Gasteiger partial charge in [-0.1, -0.05) is 66.7 Å². The van der Waals surface area contributed by atoms with E-state index in [1.807, 2.05) is 60.7 Å². The molecule has 1 atom stereocenters. The lowest BCUT2D eigenvalue weighted by molar-refractivity contribution is -0.895. The highest BCUT2D eigenvalue weighted by atomic mass is 16.3. The number of hydrogen-bond donors (Lipinski definition) is 2. The van der Waals surface area contributed by atoms with Crippen LogP contribution in [0, 0.1) is 0 Å². The van der Waals surface area contributed by atoms with E-state index in [0.717, 1.165) is 30.8 Å². The van der Waals surface area contributed by atoms with Crippen molar-refractivity contribution >= 4 is 17.8 Å². The van der Waals surface area contributed by atoms with E-state index >= 15 is 0 Å². The number of nitrogens with zero attached hydrogens (tertiary/aromatic N) is 1. The number of allylic oxidation sites excluding steroid dienone is 1. The van der Waals surface area contributed by atoms with Crippen LogP contribution in [-0.4, -0.2) is 47.9 Å². The number of amides is 1. The van der Waals surface area contributed by atoms with Crippen molar-refractivity contribution in [1.29, 1.82) is 0 Å². The summed E-state index contributed by atoms with van der Waals surface area (Å²) in [6.07, 6.45) is 3.14. The second-order valence-electron chi connectivity index (χ2n) is 7.39. The van der Waals surface area contributed by atoms with Crippen molar-refractivity contribution in [3.05, 3.63) is 89.2 Å². The third kappa shape index (κ3) is 4.69. The maximum absolute atomic E-state index is 13.1. The zero-order chi connectivity index (χ0) is 21.5. The average molecular weight is 406 g/mol. The lowest BCUT2D eigenvalue weighted by Crippen LogP contribution is -3.12. The monoisotopic (exact) mass is 405 g/mol. The normalized spacial score (nSPS) is 16.8. The lowest BCUT2D eigenvalue weighted by Gasteiger charge is -2.28. The molecule has 5 heteroatoms. The molecule has 30 heavy (non-hydrogen) atoms. The highest BCUT2D eigenvalue weighted by Gasteiger charge is 2.42. The van der Waals surface area contributed by atoms with Crippen molar-refractivity contribution < 1.29 is 19.6 Å². The Bertz CT molecular complexity index is 931. The minimum absolute atomic E-state index is 0.146. The molecule has 3 rings (SSSR count). The van der Waals surface area contributed by atoms with Crippen LogP contribution in [0.4, 0.5) is 0 Å². The largest absolute Gasteiger partial charge is 0.503 e. The van der Waals surface area contributed by atoms with Gasteiger partial charge in [-0.25, -0.2) is 0 Å². The summed E-state index contributed by atoms with van der Waals surface area (Å²) in [6.45, 7) is 7.37. The number of carbonyl (C=O) groups is 2. The van der Waals surface area contributed by atoms with Gasteiger partial charge in [0, 0.05) is 0 Å². The first-order chi connectivity index (χ1) is 14.6. The summed E-state index contributed by atoms with van der Waals surface area (Å²) >= 11 is 0. The second kappa shape index (κ2) is 10.0. The molecule has 2 N–H and O–H groups in total. The van der Waals surface area contributed by atoms with Gasteiger partial charge in [0.05, 0.1) is 37.8 Å². The molecule has 1 heterocycles. The second-order valence-corrected chi connectivity index (χ2v) is 7.39. The fourth-order valence-electron chi connectivity index (χ4n) is 3.83. The van der Waals surface area contributed by atoms with Crippen molar-refractivity contribution in [3.63, 3.8) is 0 Å². The number of aliphatic hydroxyl groups is 1. The van der Waals surface area contributed by atoms with Crippen LogP contribution in [-0.2, 0) is 9.59 Å². The third-order valence-corrected chi connectivity index (χ3v) is 5.62. The van der Waals surface area contributed by atoms with Gasteiger partial charge >= 0.3 is 0 Å². The Morgan fingerprint density at radius 3 is 2.23 bits per heavy atom. The number of carbonyl (C=O) groups excluding carboxylic acids is 2. The molecular weight excluding hydrogens is 376 g/mol. The van der Waals surface area contributed by atoms with Crippen molar-refractivity contribution in [2.24, 2.45) is 0 Å². The summed E-state index contributed by atoms with van der Waals surface area (Å²) in [5, 5.41) is 10.6. The van der Waals surface area contributed by atoms with E-state index in [0.29, 0.717) is 6.54 Å². The molecule has 1 aliphatic heterocycles. The maximum Gasteiger partial charge on any atom is 0.290 e. The number of likely N-dealkylation sites (N-methyl/N-ethyl adjacent to an activating group) is 1. The van der Waals surface area contributed by atoms with Gasteiger partial charge in [0.1, 0.15) is 0 Å². The number of hydrogen-bond acceptors (Lipinski definition) is 3. The fourth-order valence-corrected chi connectivity index (χ4v) is 3.83. The Hall–Kier alpha value is -3.18. The Labute approximate surface area is 177 Å². The van der Waals surface area contributed by atoms with Crippen LogP contribution < -0.4 is 4.90 Å². The first kappa shape index (κ1) is 21.5. The first-order valence-electron chi connectivity index (χ1n) is 10.5. The topological polar surface area (TPSA) is 62.1 Å². The quantitative estimate of drug-likeness (QED) is 0.631. The highest BCUT2D eigenvalue weighted by Crippen LogP contribution is 2.37. The van der Waals surface area contributed by atoms with E-state index in [9.17, 15) is 14.7 Å². The molecule has 156 valence electrons. The SMILES string of the molecule is CC[NH+](CC)CCN1C(=O)C(O)=C(C(=O)/C=C/c2ccccc2)[C@H]1c1ccccc1. The molecular formula is C25H29N2O3+. The van der Waals surface area contributed by atoms with E-state index in [1.165, 1.54) is 11.0 Å². The molecule has 0 unspecified atom stereocenters. The smallest absolute Gasteiger partial charge is 0.290 e. The van der Waals surface area contributed by atoms with Crippen LogP contribution in [0.1, 0.15) is 31.0 Å². The van der Waals surface area contributed by atoms with E-state index in [4.69, 9.17) is 0 Å². The molecule has 0 fully saturated rings. The Balaban J connectivity index is 1.92. The Morgan fingerprint density at radius 2 is 1.63 bits per heavy atom. The summed E-state index contributed by atoms with van der Waals surface area (Å²) < 4.78 is 0. The predicted molar refractivity (Wildman–Crippen MR) is 118 cm³/mol. The van der Waals surface area contributed by atoms with Crippen LogP contribution in [0.15, 0.2) is 78.1 Å². The van der Waals surface area contributed by atoms with Gasteiger partial charge in [0.2, 0.25) is 0 Å². The number of ketones is 1. The van der Waals surface area contributed by atoms with Gasteiger partial charge in [-0.05, 0) is 31.1 Å². The summed E-state index contributed by atoms with van der Waals surface area (Å²) in [5.74, 6) is -1.27. The molecule has 1 aliphatic rings. The summed E-state index contributed by atoms with van der Waals surface area (Å²) in [6, 6.07) is 18.3. The van der Waals surface area contributed by atoms with Crippen LogP contribution >= 0.6 is 0 Å². The molecule has 0 aromatic heterocycles. The fraction of sp³-hybridized carbons (Fsp3) is 0.280. The van der Waals surface area contributed by atoms with Crippen molar-refractivity contribution in [1.82, 2.24) is 4.90 Å². The van der Waals surface area contributed by atoms with E-state index in [-0.39, 0.29) is 11.4 Å². The average Bonchev–Trinajstić information content (AvgIpc) is 3.04. The van der Waals surface area contributed by atoms with Crippen LogP contribution in [0.5, 0.6) is 0 Å². The molecule has 2 aromatic rings. The molecule has 0 bridgehead atoms. The van der Waals surface area contributed by atoms with Crippen molar-refractivity contribution in [2.75, 3.05) is 26.2 Å². The number of benzene rings is 2. The molecule has 2 aromatic carbocycles. The first-order valence-corrected chi connectivity index (χ1v) is 10.5. The molecule has 1 amide bonds. The number of rotatable bonds is 9. The standard InChI is InChI=1S/C25H28N2O3/c1-3-26(4-2)17-18-27-23(20-13-9-6-10-14-20)22(24(29)25(27)30)21(28)16-15-19-11-7-5-8-12-19/h5-16,23,29H,3-4,17-18H2,1-2H3/p+1/b16-15+/t23-/m1/s1. The van der Waals surface area contributed by atoms with Crippen molar-refractivity contribution in [2.45, 2.75) is 19.9 Å². The summed E-state index contributed by atoms with van der Waals surface area (Å²) in [5.41, 5.74) is 1.85.